The van der Waals surface area contributed by atoms with Gasteiger partial charge >= 0.3 is 11.9 Å². The Morgan fingerprint density at radius 2 is 1.06 bits per heavy atom. The van der Waals surface area contributed by atoms with Crippen molar-refractivity contribution in [1.82, 2.24) is 50.8 Å². The lowest BCUT2D eigenvalue weighted by Crippen LogP contribution is -2.61. The Bertz CT molecular complexity index is 3240. The van der Waals surface area contributed by atoms with Crippen LogP contribution in [-0.4, -0.2) is 203 Å². The molecule has 4 aliphatic rings. The van der Waals surface area contributed by atoms with Gasteiger partial charge in [0.25, 0.3) is 11.8 Å². The van der Waals surface area contributed by atoms with Gasteiger partial charge in [0, 0.05) is 50.0 Å². The Hall–Kier alpha value is -7.74. The van der Waals surface area contributed by atoms with Gasteiger partial charge in [-0.1, -0.05) is 64.1 Å². The third kappa shape index (κ3) is 11.6. The van der Waals surface area contributed by atoms with Gasteiger partial charge < -0.3 is 60.6 Å². The number of thioether (sulfide) groups is 2. The zero-order valence-corrected chi connectivity index (χ0v) is 48.0. The average Bonchev–Trinajstić information content (AvgIpc) is 3.47. The number of aromatic hydroxyl groups is 2. The number of hydrogen-bond donors (Lipinski definition) is 6. The van der Waals surface area contributed by atoms with Crippen molar-refractivity contribution in [2.24, 2.45) is 11.8 Å². The summed E-state index contributed by atoms with van der Waals surface area (Å²) in [5, 5.41) is 32.7. The van der Waals surface area contributed by atoms with Gasteiger partial charge in [-0.25, -0.2) is 19.6 Å². The predicted octanol–water partition coefficient (Wildman–Crippen LogP) is 1.54. The first-order valence-electron chi connectivity index (χ1n) is 26.3. The molecule has 26 heteroatoms. The molecule has 2 aromatic carbocycles. The molecule has 0 unspecified atom stereocenters. The van der Waals surface area contributed by atoms with E-state index < -0.39 is 159 Å². The number of rotatable bonds is 6. The van der Waals surface area contributed by atoms with Gasteiger partial charge in [0.05, 0.1) is 15.6 Å². The van der Waals surface area contributed by atoms with Gasteiger partial charge in [0.2, 0.25) is 35.4 Å². The first-order valence-corrected chi connectivity index (χ1v) is 28.3. The number of amides is 8. The minimum atomic E-state index is -1.75. The summed E-state index contributed by atoms with van der Waals surface area (Å²) in [6, 6.07) is 6.58. The molecular formula is C55H66N10O14S2. The maximum Gasteiger partial charge on any atom is 0.332 e. The number of aromatic nitrogens is 2. The van der Waals surface area contributed by atoms with Crippen LogP contribution in [0.2, 0.25) is 0 Å². The van der Waals surface area contributed by atoms with Crippen molar-refractivity contribution < 1.29 is 67.6 Å². The van der Waals surface area contributed by atoms with Crippen molar-refractivity contribution in [1.29, 1.82) is 0 Å². The summed E-state index contributed by atoms with van der Waals surface area (Å²) in [5.41, 5.74) is -3.61. The summed E-state index contributed by atoms with van der Waals surface area (Å²) in [6.07, 6.45) is 0.139. The number of hydrogen-bond acceptors (Lipinski definition) is 18. The molecule has 2 bridgehead atoms. The van der Waals surface area contributed by atoms with Crippen LogP contribution < -0.4 is 21.3 Å². The number of nitrogens with zero attached hydrogens (tertiary/aromatic N) is 6. The molecule has 8 rings (SSSR count). The van der Waals surface area contributed by atoms with Crippen molar-refractivity contribution in [3.63, 3.8) is 0 Å². The van der Waals surface area contributed by atoms with E-state index in [1.165, 1.54) is 70.8 Å². The van der Waals surface area contributed by atoms with E-state index in [1.807, 2.05) is 13.8 Å². The second-order valence-electron chi connectivity index (χ2n) is 21.4. The van der Waals surface area contributed by atoms with E-state index >= 15 is 9.59 Å². The SMILES string of the molecule is CC(C)S[C@H]1SC[C@H]2C(=O)N(C)[C@]3(C[C@@H]3C)C(=O)OC[C@H](NC(=O)c3nc4ccccc4cc3O)C(=O)N[C@H](C)C(=O)N(C)[C@H]1C(=O)N(C)[C@@]1(C[C@@H]1C)C(=O)OC[C@@H](NC(=O)c1nc3ccccc3cc1O)C(=O)N[C@@H](C)C(=O)N2C. The molecule has 2 saturated carbocycles. The topological polar surface area (TPSA) is 316 Å². The van der Waals surface area contributed by atoms with E-state index in [0.717, 1.165) is 26.5 Å². The summed E-state index contributed by atoms with van der Waals surface area (Å²) < 4.78 is 10.7. The molecule has 2 aromatic heterocycles. The zero-order valence-electron chi connectivity index (χ0n) is 46.4. The van der Waals surface area contributed by atoms with E-state index in [1.54, 1.807) is 62.4 Å². The molecule has 2 spiro atoms. The third-order valence-corrected chi connectivity index (χ3v) is 18.5. The van der Waals surface area contributed by atoms with Gasteiger partial charge in [-0.2, -0.15) is 0 Å². The fourth-order valence-electron chi connectivity index (χ4n) is 10.5. The third-order valence-electron chi connectivity index (χ3n) is 15.6. The van der Waals surface area contributed by atoms with Crippen molar-refractivity contribution in [2.75, 3.05) is 47.2 Å². The summed E-state index contributed by atoms with van der Waals surface area (Å²) in [6.45, 7) is 8.06. The van der Waals surface area contributed by atoms with E-state index in [4.69, 9.17) is 9.47 Å². The van der Waals surface area contributed by atoms with Gasteiger partial charge in [-0.15, -0.1) is 23.5 Å². The molecule has 432 valence electrons. The molecule has 4 heterocycles. The molecule has 2 saturated heterocycles. The first kappa shape index (κ1) is 59.4. The smallest absolute Gasteiger partial charge is 0.332 e. The highest BCUT2D eigenvalue weighted by atomic mass is 32.2. The van der Waals surface area contributed by atoms with Crippen molar-refractivity contribution >= 4 is 105 Å². The molecule has 2 aliphatic carbocycles. The second-order valence-corrected chi connectivity index (χ2v) is 24.6. The van der Waals surface area contributed by atoms with Crippen LogP contribution in [0.25, 0.3) is 21.8 Å². The standard InChI is InChI=1S/C55H66N10O14S2/c1-26(2)81-51-42-50(75)65(10)55(22-28(55)4)53(77)79-24-35(60-45(70)40-38(66)19-31-15-11-13-17-33(31)58-40)43(68)56-29(5)47(72)62(7)37(25-80-51)49(74)64(9)54(21-27(54)3)52(76)78-23-36(44(69)57-30(6)48(73)63(42)8)61-46(71)41-39(67)20-32-16-12-14-18-34(32)59-41/h11-20,26-30,35-37,42,51,66-67H,21-25H2,1-10H3,(H,56,68)(H,57,69)(H,60,70)(H,61,71)/t27-,28-,29-,30+,35+,36-,37-,42-,51+,54-,55+/m0/s1. The molecule has 4 fully saturated rings. The molecule has 6 N–H and O–H groups in total. The van der Waals surface area contributed by atoms with Crippen molar-refractivity contribution in [3.05, 3.63) is 72.1 Å². The summed E-state index contributed by atoms with van der Waals surface area (Å²) in [7, 11) is 5.38. The first-order chi connectivity index (χ1) is 38.2. The molecule has 2 aliphatic heterocycles. The lowest BCUT2D eigenvalue weighted by Gasteiger charge is -2.40. The summed E-state index contributed by atoms with van der Waals surface area (Å²) >= 11 is 2.31. The minimum Gasteiger partial charge on any atom is -0.505 e. The summed E-state index contributed by atoms with van der Waals surface area (Å²) in [5.74, 6) is -11.7. The zero-order chi connectivity index (χ0) is 59.2. The average molecular weight is 1160 g/mol. The Morgan fingerprint density at radius 3 is 1.48 bits per heavy atom. The molecule has 4 aromatic rings. The molecular weight excluding hydrogens is 1090 g/mol. The number of para-hydroxylation sites is 2. The molecule has 81 heavy (non-hydrogen) atoms. The quantitative estimate of drug-likeness (QED) is 0.149. The maximum absolute atomic E-state index is 15.6. The lowest BCUT2D eigenvalue weighted by atomic mass is 10.1. The molecule has 8 amide bonds. The largest absolute Gasteiger partial charge is 0.505 e. The minimum absolute atomic E-state index is 0.0674. The number of likely N-dealkylation sites (N-methyl/N-ethyl adjacent to an activating group) is 4. The molecule has 0 radical (unpaired) electrons. The number of esters is 2. The number of carbonyl (C=O) groups is 10. The number of pyridine rings is 2. The Kier molecular flexibility index (Phi) is 17.1. The summed E-state index contributed by atoms with van der Waals surface area (Å²) in [4.78, 5) is 159. The lowest BCUT2D eigenvalue weighted by molar-refractivity contribution is -0.161. The van der Waals surface area contributed by atoms with E-state index in [2.05, 4.69) is 31.2 Å². The second kappa shape index (κ2) is 23.4. The van der Waals surface area contributed by atoms with Gasteiger partial charge in [-0.05, 0) is 62.8 Å². The van der Waals surface area contributed by atoms with Crippen molar-refractivity contribution in [3.8, 4) is 11.5 Å². The Balaban J connectivity index is 1.20. The highest BCUT2D eigenvalue weighted by molar-refractivity contribution is 8.17. The van der Waals surface area contributed by atoms with Crippen LogP contribution in [-0.2, 0) is 47.8 Å². The van der Waals surface area contributed by atoms with Crippen LogP contribution in [0.4, 0.5) is 0 Å². The Labute approximate surface area is 475 Å². The fourth-order valence-corrected chi connectivity index (χ4v) is 13.9. The predicted molar refractivity (Wildman–Crippen MR) is 297 cm³/mol. The number of carbonyl (C=O) groups excluding carboxylic acids is 10. The molecule has 11 atom stereocenters. The van der Waals surface area contributed by atoms with E-state index in [0.29, 0.717) is 21.8 Å². The normalized spacial score (nSPS) is 29.4. The number of nitrogens with one attached hydrogen (secondary N) is 4. The number of cyclic esters (lactones) is 2. The Morgan fingerprint density at radius 1 is 0.654 bits per heavy atom. The highest BCUT2D eigenvalue weighted by Gasteiger charge is 2.66. The van der Waals surface area contributed by atoms with Crippen LogP contribution >= 0.6 is 23.5 Å². The number of fused-ring (bicyclic) bond motifs is 6. The van der Waals surface area contributed by atoms with E-state index in [9.17, 15) is 48.6 Å². The van der Waals surface area contributed by atoms with Crippen LogP contribution in [0.15, 0.2) is 60.7 Å². The maximum atomic E-state index is 15.6. The number of ether oxygens (including phenoxy) is 2. The van der Waals surface area contributed by atoms with Gasteiger partial charge in [0.15, 0.2) is 11.4 Å². The molecule has 24 nitrogen and oxygen atoms in total. The fraction of sp³-hybridized carbons (Fsp3) is 0.491. The highest BCUT2D eigenvalue weighted by Crippen LogP contribution is 2.51. The van der Waals surface area contributed by atoms with Gasteiger partial charge in [0.1, 0.15) is 72.0 Å². The van der Waals surface area contributed by atoms with Crippen LogP contribution in [0.5, 0.6) is 11.5 Å². The number of benzene rings is 2. The van der Waals surface area contributed by atoms with Gasteiger partial charge in [-0.3, -0.25) is 38.4 Å². The van der Waals surface area contributed by atoms with Crippen LogP contribution in [0, 0.1) is 11.8 Å². The van der Waals surface area contributed by atoms with Crippen LogP contribution in [0.1, 0.15) is 75.4 Å². The van der Waals surface area contributed by atoms with E-state index in [-0.39, 0.29) is 23.8 Å². The van der Waals surface area contributed by atoms with Crippen LogP contribution in [0.3, 0.4) is 0 Å². The monoisotopic (exact) mass is 1150 g/mol. The van der Waals surface area contributed by atoms with Crippen molar-refractivity contribution in [2.45, 2.75) is 112 Å².